The number of nitriles is 1. The molecule has 0 saturated heterocycles. The van der Waals surface area contributed by atoms with E-state index in [2.05, 4.69) is 4.98 Å². The zero-order chi connectivity index (χ0) is 10.9. The van der Waals surface area contributed by atoms with Gasteiger partial charge in [-0.3, -0.25) is 4.79 Å². The Balaban J connectivity index is 3.72. The molecule has 0 aliphatic rings. The fourth-order valence-corrected chi connectivity index (χ4v) is 1.26. The molecule has 0 saturated carbocycles. The summed E-state index contributed by atoms with van der Waals surface area (Å²) in [6, 6.07) is 1.68. The van der Waals surface area contributed by atoms with Crippen molar-refractivity contribution in [2.75, 3.05) is 0 Å². The van der Waals surface area contributed by atoms with Crippen molar-refractivity contribution in [1.82, 2.24) is 4.98 Å². The second-order valence-corrected chi connectivity index (χ2v) is 2.87. The van der Waals surface area contributed by atoms with Crippen LogP contribution in [-0.4, -0.2) is 16.1 Å². The molecule has 14 heavy (non-hydrogen) atoms. The fraction of sp³-hybridized carbons (Fsp3) is 0.222. The van der Waals surface area contributed by atoms with Gasteiger partial charge in [-0.2, -0.15) is 5.26 Å². The maximum absolute atomic E-state index is 11.5. The van der Waals surface area contributed by atoms with Crippen molar-refractivity contribution in [1.29, 1.82) is 5.26 Å². The molecule has 0 spiro atoms. The third kappa shape index (κ3) is 1.38. The highest BCUT2D eigenvalue weighted by Crippen LogP contribution is 2.04. The molecule has 5 heteroatoms. The van der Waals surface area contributed by atoms with Gasteiger partial charge in [0.2, 0.25) is 5.43 Å². The molecular weight excluding hydrogens is 184 g/mol. The molecule has 72 valence electrons. The average molecular weight is 192 g/mol. The number of aryl methyl sites for hydroxylation is 2. The molecule has 0 aliphatic carbocycles. The molecule has 0 unspecified atom stereocenters. The van der Waals surface area contributed by atoms with Gasteiger partial charge in [-0.05, 0) is 13.8 Å². The topological polar surface area (TPSA) is 93.9 Å². The van der Waals surface area contributed by atoms with E-state index in [4.69, 9.17) is 10.4 Å². The lowest BCUT2D eigenvalue weighted by atomic mass is 10.1. The molecule has 0 atom stereocenters. The molecule has 2 N–H and O–H groups in total. The summed E-state index contributed by atoms with van der Waals surface area (Å²) in [5.74, 6) is -1.32. The number of rotatable bonds is 1. The normalized spacial score (nSPS) is 9.50. The molecule has 5 nitrogen and oxygen atoms in total. The lowest BCUT2D eigenvalue weighted by Crippen LogP contribution is -2.21. The number of aromatic amines is 1. The molecule has 0 fully saturated rings. The largest absolute Gasteiger partial charge is 0.477 e. The van der Waals surface area contributed by atoms with E-state index in [1.165, 1.54) is 6.92 Å². The van der Waals surface area contributed by atoms with E-state index < -0.39 is 11.4 Å². The van der Waals surface area contributed by atoms with Crippen molar-refractivity contribution in [2.24, 2.45) is 0 Å². The Morgan fingerprint density at radius 1 is 1.43 bits per heavy atom. The first-order chi connectivity index (χ1) is 6.49. The lowest BCUT2D eigenvalue weighted by Gasteiger charge is -2.03. The number of aromatic carboxylic acids is 1. The van der Waals surface area contributed by atoms with E-state index in [0.29, 0.717) is 5.69 Å². The summed E-state index contributed by atoms with van der Waals surface area (Å²) in [5.41, 5.74) is -0.590. The van der Waals surface area contributed by atoms with Crippen LogP contribution in [-0.2, 0) is 0 Å². The van der Waals surface area contributed by atoms with Crippen LogP contribution < -0.4 is 5.43 Å². The number of H-pyrrole nitrogens is 1. The van der Waals surface area contributed by atoms with E-state index in [-0.39, 0.29) is 16.8 Å². The van der Waals surface area contributed by atoms with Gasteiger partial charge in [-0.1, -0.05) is 0 Å². The Morgan fingerprint density at radius 2 is 2.00 bits per heavy atom. The Bertz CT molecular complexity index is 494. The first kappa shape index (κ1) is 9.99. The Labute approximate surface area is 79.6 Å². The van der Waals surface area contributed by atoms with E-state index in [1.54, 1.807) is 13.0 Å². The molecule has 0 aromatic carbocycles. The van der Waals surface area contributed by atoms with Gasteiger partial charge in [-0.25, -0.2) is 4.79 Å². The molecule has 0 aliphatic heterocycles. The Kier molecular flexibility index (Phi) is 2.38. The van der Waals surface area contributed by atoms with Crippen molar-refractivity contribution >= 4 is 5.97 Å². The summed E-state index contributed by atoms with van der Waals surface area (Å²) >= 11 is 0. The van der Waals surface area contributed by atoms with Crippen LogP contribution in [0.25, 0.3) is 0 Å². The highest BCUT2D eigenvalue weighted by Gasteiger charge is 2.17. The van der Waals surface area contributed by atoms with Crippen LogP contribution in [0.4, 0.5) is 0 Å². The number of carbonyl (C=O) groups is 1. The monoisotopic (exact) mass is 192 g/mol. The summed E-state index contributed by atoms with van der Waals surface area (Å²) in [5, 5.41) is 17.4. The molecule has 1 rings (SSSR count). The SMILES string of the molecule is Cc1[nH]c(C)c(C(=O)O)c(=O)c1C#N. The minimum atomic E-state index is -1.32. The number of nitrogens with one attached hydrogen (secondary N) is 1. The fourth-order valence-electron chi connectivity index (χ4n) is 1.26. The molecule has 0 radical (unpaired) electrons. The van der Waals surface area contributed by atoms with Crippen molar-refractivity contribution < 1.29 is 9.90 Å². The Morgan fingerprint density at radius 3 is 2.43 bits per heavy atom. The number of pyridine rings is 1. The zero-order valence-corrected chi connectivity index (χ0v) is 7.71. The number of hydrogen-bond acceptors (Lipinski definition) is 3. The van der Waals surface area contributed by atoms with Gasteiger partial charge < -0.3 is 10.1 Å². The highest BCUT2D eigenvalue weighted by molar-refractivity contribution is 5.89. The smallest absolute Gasteiger partial charge is 0.341 e. The molecular formula is C9H8N2O3. The molecule has 1 aromatic heterocycles. The van der Waals surface area contributed by atoms with Gasteiger partial charge in [0.1, 0.15) is 17.2 Å². The van der Waals surface area contributed by atoms with Crippen LogP contribution in [0.1, 0.15) is 27.3 Å². The standard InChI is InChI=1S/C9H8N2O3/c1-4-6(3-10)8(12)7(9(13)14)5(2)11-4/h1-2H3,(H,11,12)(H,13,14). The molecule has 1 aromatic rings. The van der Waals surface area contributed by atoms with Crippen molar-refractivity contribution in [3.8, 4) is 6.07 Å². The number of carboxylic acids is 1. The van der Waals surface area contributed by atoms with Gasteiger partial charge in [0.25, 0.3) is 0 Å². The second-order valence-electron chi connectivity index (χ2n) is 2.87. The van der Waals surface area contributed by atoms with Gasteiger partial charge in [0, 0.05) is 11.4 Å². The first-order valence-electron chi connectivity index (χ1n) is 3.86. The van der Waals surface area contributed by atoms with Crippen molar-refractivity contribution in [2.45, 2.75) is 13.8 Å². The predicted octanol–water partition coefficient (Wildman–Crippen LogP) is 0.562. The molecule has 0 amide bonds. The maximum atomic E-state index is 11.5. The van der Waals surface area contributed by atoms with Crippen molar-refractivity contribution in [3.63, 3.8) is 0 Å². The molecule has 0 bridgehead atoms. The quantitative estimate of drug-likeness (QED) is 0.679. The number of aromatic nitrogens is 1. The zero-order valence-electron chi connectivity index (χ0n) is 7.71. The minimum Gasteiger partial charge on any atom is -0.477 e. The van der Waals surface area contributed by atoms with Gasteiger partial charge in [0.15, 0.2) is 0 Å². The summed E-state index contributed by atoms with van der Waals surface area (Å²) in [4.78, 5) is 24.8. The van der Waals surface area contributed by atoms with Crippen molar-refractivity contribution in [3.05, 3.63) is 32.7 Å². The summed E-state index contributed by atoms with van der Waals surface area (Å²) in [7, 11) is 0. The van der Waals surface area contributed by atoms with Crippen LogP contribution >= 0.6 is 0 Å². The van der Waals surface area contributed by atoms with E-state index in [0.717, 1.165) is 0 Å². The van der Waals surface area contributed by atoms with E-state index >= 15 is 0 Å². The average Bonchev–Trinajstić information content (AvgIpc) is 2.02. The van der Waals surface area contributed by atoms with E-state index in [9.17, 15) is 9.59 Å². The van der Waals surface area contributed by atoms with Crippen LogP contribution in [0.15, 0.2) is 4.79 Å². The van der Waals surface area contributed by atoms with Crippen LogP contribution in [0, 0.1) is 25.2 Å². The summed E-state index contributed by atoms with van der Waals surface area (Å²) < 4.78 is 0. The minimum absolute atomic E-state index is 0.145. The first-order valence-corrected chi connectivity index (χ1v) is 3.86. The lowest BCUT2D eigenvalue weighted by molar-refractivity contribution is 0.0694. The maximum Gasteiger partial charge on any atom is 0.341 e. The third-order valence-corrected chi connectivity index (χ3v) is 1.90. The summed E-state index contributed by atoms with van der Waals surface area (Å²) in [6.45, 7) is 3.04. The number of nitrogens with zero attached hydrogens (tertiary/aromatic N) is 1. The summed E-state index contributed by atoms with van der Waals surface area (Å²) in [6.07, 6.45) is 0. The number of carboxylic acid groups (broad SMARTS) is 1. The van der Waals surface area contributed by atoms with Gasteiger partial charge in [0.05, 0.1) is 0 Å². The van der Waals surface area contributed by atoms with Crippen LogP contribution in [0.5, 0.6) is 0 Å². The Hall–Kier alpha value is -2.09. The molecule has 1 heterocycles. The van der Waals surface area contributed by atoms with E-state index in [1.807, 2.05) is 0 Å². The second kappa shape index (κ2) is 3.34. The van der Waals surface area contributed by atoms with Crippen LogP contribution in [0.3, 0.4) is 0 Å². The van der Waals surface area contributed by atoms with Crippen LogP contribution in [0.2, 0.25) is 0 Å². The highest BCUT2D eigenvalue weighted by atomic mass is 16.4. The van der Waals surface area contributed by atoms with Gasteiger partial charge >= 0.3 is 5.97 Å². The number of hydrogen-bond donors (Lipinski definition) is 2. The van der Waals surface area contributed by atoms with Gasteiger partial charge in [-0.15, -0.1) is 0 Å². The predicted molar refractivity (Wildman–Crippen MR) is 48.2 cm³/mol. The third-order valence-electron chi connectivity index (χ3n) is 1.90.